The number of piperazine rings is 1. The molecule has 1 aromatic heterocycles. The molecule has 9 nitrogen and oxygen atoms in total. The van der Waals surface area contributed by atoms with Crippen molar-refractivity contribution in [1.29, 1.82) is 0 Å². The first-order valence-electron chi connectivity index (χ1n) is 16.3. The normalized spacial score (nSPS) is 18.0. The minimum absolute atomic E-state index is 0.00215. The third kappa shape index (κ3) is 7.41. The molecule has 5 rings (SSSR count). The zero-order valence-corrected chi connectivity index (χ0v) is 27.7. The molecule has 46 heavy (non-hydrogen) atoms. The van der Waals surface area contributed by atoms with Gasteiger partial charge in [0.2, 0.25) is 24.1 Å². The Morgan fingerprint density at radius 2 is 1.78 bits per heavy atom. The van der Waals surface area contributed by atoms with E-state index in [9.17, 15) is 19.2 Å². The average molecular weight is 650 g/mol. The SMILES string of the molecule is CCC(=O)N[C@@H](C(=O)N1CCN(C)CC1)[C@@H](C)c1ccc(NC(=O)[C@H](C2CCCCC2)N(C=O)c2csc3ccccc23)c(F)c1. The van der Waals surface area contributed by atoms with Crippen LogP contribution < -0.4 is 15.5 Å². The van der Waals surface area contributed by atoms with Gasteiger partial charge in [-0.2, -0.15) is 0 Å². The molecule has 3 atom stereocenters. The van der Waals surface area contributed by atoms with Gasteiger partial charge in [0.15, 0.2) is 0 Å². The molecule has 246 valence electrons. The summed E-state index contributed by atoms with van der Waals surface area (Å²) in [4.78, 5) is 58.0. The highest BCUT2D eigenvalue weighted by Gasteiger charge is 2.37. The van der Waals surface area contributed by atoms with Crippen molar-refractivity contribution in [2.45, 2.75) is 70.4 Å². The minimum atomic E-state index is -0.854. The molecule has 2 fully saturated rings. The molecule has 1 saturated carbocycles. The molecule has 0 bridgehead atoms. The molecule has 2 aromatic carbocycles. The molecule has 2 N–H and O–H groups in total. The summed E-state index contributed by atoms with van der Waals surface area (Å²) in [5.74, 6) is -2.11. The van der Waals surface area contributed by atoms with E-state index in [1.54, 1.807) is 24.8 Å². The number of likely N-dealkylation sites (N-methyl/N-ethyl adjacent to an activating group) is 1. The van der Waals surface area contributed by atoms with E-state index in [-0.39, 0.29) is 29.8 Å². The summed E-state index contributed by atoms with van der Waals surface area (Å²) in [5, 5.41) is 8.44. The largest absolute Gasteiger partial charge is 0.344 e. The number of rotatable bonds is 11. The van der Waals surface area contributed by atoms with Crippen LogP contribution in [0.2, 0.25) is 0 Å². The van der Waals surface area contributed by atoms with Gasteiger partial charge in [-0.1, -0.05) is 57.4 Å². The summed E-state index contributed by atoms with van der Waals surface area (Å²) in [5.41, 5.74) is 1.21. The van der Waals surface area contributed by atoms with Crippen LogP contribution in [-0.4, -0.2) is 79.2 Å². The molecule has 4 amide bonds. The maximum absolute atomic E-state index is 15.7. The number of hydrogen-bond acceptors (Lipinski definition) is 6. The fraction of sp³-hybridized carbons (Fsp3) is 0.486. The van der Waals surface area contributed by atoms with Gasteiger partial charge < -0.3 is 25.3 Å². The lowest BCUT2D eigenvalue weighted by Gasteiger charge is -2.36. The van der Waals surface area contributed by atoms with Crippen molar-refractivity contribution >= 4 is 56.9 Å². The van der Waals surface area contributed by atoms with E-state index in [2.05, 4.69) is 15.5 Å². The second-order valence-electron chi connectivity index (χ2n) is 12.5. The number of benzene rings is 2. The smallest absolute Gasteiger partial charge is 0.247 e. The molecule has 2 heterocycles. The van der Waals surface area contributed by atoms with Crippen LogP contribution in [0.4, 0.5) is 15.8 Å². The lowest BCUT2D eigenvalue weighted by molar-refractivity contribution is -0.138. The summed E-state index contributed by atoms with van der Waals surface area (Å²) < 4.78 is 16.8. The Bertz CT molecular complexity index is 1550. The lowest BCUT2D eigenvalue weighted by atomic mass is 9.82. The van der Waals surface area contributed by atoms with Crippen molar-refractivity contribution in [3.8, 4) is 0 Å². The quantitative estimate of drug-likeness (QED) is 0.273. The minimum Gasteiger partial charge on any atom is -0.344 e. The zero-order chi connectivity index (χ0) is 32.8. The van der Waals surface area contributed by atoms with Crippen molar-refractivity contribution in [3.63, 3.8) is 0 Å². The highest BCUT2D eigenvalue weighted by Crippen LogP contribution is 2.37. The Labute approximate surface area is 274 Å². The van der Waals surface area contributed by atoms with Crippen LogP contribution in [0.15, 0.2) is 47.8 Å². The van der Waals surface area contributed by atoms with Crippen molar-refractivity contribution in [3.05, 3.63) is 59.2 Å². The zero-order valence-electron chi connectivity index (χ0n) is 26.8. The summed E-state index contributed by atoms with van der Waals surface area (Å²) >= 11 is 1.51. The van der Waals surface area contributed by atoms with Crippen molar-refractivity contribution in [1.82, 2.24) is 15.1 Å². The van der Waals surface area contributed by atoms with Crippen LogP contribution in [0.3, 0.4) is 0 Å². The topological polar surface area (TPSA) is 102 Å². The van der Waals surface area contributed by atoms with Gasteiger partial charge in [-0.15, -0.1) is 11.3 Å². The summed E-state index contributed by atoms with van der Waals surface area (Å²) in [6, 6.07) is 10.6. The van der Waals surface area contributed by atoms with Crippen molar-refractivity contribution in [2.75, 3.05) is 43.4 Å². The summed E-state index contributed by atoms with van der Waals surface area (Å²) in [6.07, 6.45) is 5.56. The Hall–Kier alpha value is -3.83. The van der Waals surface area contributed by atoms with E-state index in [4.69, 9.17) is 0 Å². The number of fused-ring (bicyclic) bond motifs is 1. The number of carbonyl (C=O) groups is 4. The number of anilines is 2. The molecule has 1 aliphatic heterocycles. The van der Waals surface area contributed by atoms with Gasteiger partial charge >= 0.3 is 0 Å². The first-order valence-corrected chi connectivity index (χ1v) is 17.2. The van der Waals surface area contributed by atoms with Crippen LogP contribution in [0, 0.1) is 11.7 Å². The van der Waals surface area contributed by atoms with Crippen LogP contribution in [0.5, 0.6) is 0 Å². The number of amides is 4. The number of halogens is 1. The third-order valence-electron chi connectivity index (χ3n) is 9.51. The Morgan fingerprint density at radius 3 is 2.46 bits per heavy atom. The summed E-state index contributed by atoms with van der Waals surface area (Å²) in [7, 11) is 2.00. The number of hydrogen-bond donors (Lipinski definition) is 2. The molecule has 0 spiro atoms. The maximum Gasteiger partial charge on any atom is 0.247 e. The molecule has 11 heteroatoms. The molecule has 0 radical (unpaired) electrons. The fourth-order valence-corrected chi connectivity index (χ4v) is 7.61. The lowest BCUT2D eigenvalue weighted by Crippen LogP contribution is -2.55. The number of nitrogens with one attached hydrogen (secondary N) is 2. The van der Waals surface area contributed by atoms with Gasteiger partial charge in [-0.05, 0) is 49.6 Å². The predicted molar refractivity (Wildman–Crippen MR) is 180 cm³/mol. The van der Waals surface area contributed by atoms with Crippen LogP contribution in [0.1, 0.15) is 63.9 Å². The maximum atomic E-state index is 15.7. The number of carbonyl (C=O) groups excluding carboxylic acids is 4. The fourth-order valence-electron chi connectivity index (χ4n) is 6.67. The summed E-state index contributed by atoms with van der Waals surface area (Å²) in [6.45, 7) is 6.12. The van der Waals surface area contributed by atoms with E-state index < -0.39 is 29.7 Å². The molecule has 0 unspecified atom stereocenters. The second-order valence-corrected chi connectivity index (χ2v) is 13.4. The van der Waals surface area contributed by atoms with E-state index >= 15 is 4.39 Å². The van der Waals surface area contributed by atoms with Gasteiger partial charge in [0.05, 0.1) is 11.4 Å². The first kappa shape index (κ1) is 33.5. The highest BCUT2D eigenvalue weighted by atomic mass is 32.1. The predicted octanol–water partition coefficient (Wildman–Crippen LogP) is 5.36. The standard InChI is InChI=1S/C35H44FN5O4S/c1-4-31(43)38-32(35(45)40-18-16-39(3)17-19-40)23(2)25-14-15-28(27(36)20-25)37-34(44)33(24-10-6-5-7-11-24)41(22-42)29-21-46-30-13-9-8-12-26(29)30/h8-9,12-15,20-24,32-33H,4-7,10-11,16-19H2,1-3H3,(H,37,44)(H,38,43)/t23-,32+,33-/m0/s1. The second kappa shape index (κ2) is 15.2. The van der Waals surface area contributed by atoms with E-state index in [0.29, 0.717) is 24.3 Å². The monoisotopic (exact) mass is 649 g/mol. The molecule has 1 saturated heterocycles. The van der Waals surface area contributed by atoms with Gasteiger partial charge in [0.25, 0.3) is 0 Å². The molecule has 1 aliphatic carbocycles. The van der Waals surface area contributed by atoms with E-state index in [1.165, 1.54) is 28.4 Å². The number of nitrogens with zero attached hydrogens (tertiary/aromatic N) is 3. The molecular weight excluding hydrogens is 605 g/mol. The van der Waals surface area contributed by atoms with Crippen LogP contribution >= 0.6 is 11.3 Å². The van der Waals surface area contributed by atoms with Gasteiger partial charge in [0, 0.05) is 54.0 Å². The first-order chi connectivity index (χ1) is 22.2. The van der Waals surface area contributed by atoms with Crippen molar-refractivity contribution < 1.29 is 23.6 Å². The van der Waals surface area contributed by atoms with E-state index in [1.807, 2.05) is 36.7 Å². The van der Waals surface area contributed by atoms with Gasteiger partial charge in [-0.25, -0.2) is 4.39 Å². The number of thiophene rings is 1. The molecule has 3 aromatic rings. The molecular formula is C35H44FN5O4S. The van der Waals surface area contributed by atoms with Crippen LogP contribution in [-0.2, 0) is 19.2 Å². The molecule has 2 aliphatic rings. The Balaban J connectivity index is 1.38. The average Bonchev–Trinajstić information content (AvgIpc) is 3.50. The Kier molecular flexibility index (Phi) is 11.1. The Morgan fingerprint density at radius 1 is 1.07 bits per heavy atom. The van der Waals surface area contributed by atoms with Crippen LogP contribution in [0.25, 0.3) is 10.1 Å². The van der Waals surface area contributed by atoms with Gasteiger partial charge in [0.1, 0.15) is 17.9 Å². The third-order valence-corrected chi connectivity index (χ3v) is 10.5. The van der Waals surface area contributed by atoms with E-state index in [0.717, 1.165) is 61.7 Å². The van der Waals surface area contributed by atoms with Crippen molar-refractivity contribution in [2.24, 2.45) is 5.92 Å². The van der Waals surface area contributed by atoms with Gasteiger partial charge in [-0.3, -0.25) is 19.2 Å². The highest BCUT2D eigenvalue weighted by molar-refractivity contribution is 7.17.